The molecule has 0 spiro atoms. The van der Waals surface area contributed by atoms with Crippen molar-refractivity contribution >= 4 is 39.5 Å². The molecule has 0 fully saturated rings. The summed E-state index contributed by atoms with van der Waals surface area (Å²) in [6.07, 6.45) is 54.2. The molecule has 0 aromatic rings. The van der Waals surface area contributed by atoms with Gasteiger partial charge in [0.1, 0.15) is 19.3 Å². The summed E-state index contributed by atoms with van der Waals surface area (Å²) in [6.45, 7) is 11.9. The minimum atomic E-state index is -4.96. The molecule has 0 aliphatic carbocycles. The van der Waals surface area contributed by atoms with Crippen molar-refractivity contribution in [1.29, 1.82) is 0 Å². The fourth-order valence-electron chi connectivity index (χ4n) is 11.8. The van der Waals surface area contributed by atoms with Gasteiger partial charge in [0.2, 0.25) is 0 Å². The van der Waals surface area contributed by atoms with E-state index in [0.717, 1.165) is 108 Å². The number of rotatable bonds is 75. The molecule has 96 heavy (non-hydrogen) atoms. The third-order valence-corrected chi connectivity index (χ3v) is 19.8. The summed E-state index contributed by atoms with van der Waals surface area (Å²) in [4.78, 5) is 72.9. The molecule has 0 saturated heterocycles. The van der Waals surface area contributed by atoms with Gasteiger partial charge in [0.05, 0.1) is 26.4 Å². The molecule has 0 aromatic carbocycles. The van der Waals surface area contributed by atoms with Crippen LogP contribution in [0.15, 0.2) is 0 Å². The molecule has 0 amide bonds. The van der Waals surface area contributed by atoms with Gasteiger partial charge in [-0.15, -0.1) is 0 Å². The van der Waals surface area contributed by atoms with Crippen molar-refractivity contribution < 1.29 is 80.2 Å². The van der Waals surface area contributed by atoms with Gasteiger partial charge < -0.3 is 33.8 Å². The summed E-state index contributed by atoms with van der Waals surface area (Å²) in [6, 6.07) is 0. The maximum Gasteiger partial charge on any atom is 0.472 e. The lowest BCUT2D eigenvalue weighted by molar-refractivity contribution is -0.161. The Kier molecular flexibility index (Phi) is 66.2. The Balaban J connectivity index is 5.25. The second-order valence-electron chi connectivity index (χ2n) is 29.2. The van der Waals surface area contributed by atoms with E-state index in [4.69, 9.17) is 37.0 Å². The zero-order valence-corrected chi connectivity index (χ0v) is 64.6. The quantitative estimate of drug-likeness (QED) is 0.0222. The van der Waals surface area contributed by atoms with Crippen LogP contribution in [0.5, 0.6) is 0 Å². The van der Waals surface area contributed by atoms with Crippen LogP contribution in [0.4, 0.5) is 0 Å². The molecule has 0 rings (SSSR count). The summed E-state index contributed by atoms with van der Waals surface area (Å²) < 4.78 is 68.6. The highest BCUT2D eigenvalue weighted by atomic mass is 31.2. The maximum absolute atomic E-state index is 13.1. The minimum Gasteiger partial charge on any atom is -0.462 e. The van der Waals surface area contributed by atoms with E-state index in [1.54, 1.807) is 0 Å². The van der Waals surface area contributed by atoms with Crippen LogP contribution in [0.2, 0.25) is 0 Å². The largest absolute Gasteiger partial charge is 0.472 e. The fraction of sp³-hybridized carbons (Fsp3) is 0.948. The second kappa shape index (κ2) is 67.5. The van der Waals surface area contributed by atoms with Crippen molar-refractivity contribution in [2.24, 2.45) is 17.8 Å². The zero-order chi connectivity index (χ0) is 70.9. The average Bonchev–Trinajstić information content (AvgIpc) is 2.26. The molecule has 17 nitrogen and oxygen atoms in total. The minimum absolute atomic E-state index is 0.105. The number of aliphatic hydroxyl groups excluding tert-OH is 1. The van der Waals surface area contributed by atoms with Crippen molar-refractivity contribution in [3.63, 3.8) is 0 Å². The molecule has 570 valence electrons. The van der Waals surface area contributed by atoms with Gasteiger partial charge in [-0.05, 0) is 43.4 Å². The number of hydrogen-bond acceptors (Lipinski definition) is 15. The van der Waals surface area contributed by atoms with E-state index < -0.39 is 97.5 Å². The molecule has 0 bridgehead atoms. The van der Waals surface area contributed by atoms with Gasteiger partial charge in [-0.3, -0.25) is 37.3 Å². The summed E-state index contributed by atoms with van der Waals surface area (Å²) in [5.41, 5.74) is 0. The van der Waals surface area contributed by atoms with Crippen LogP contribution in [-0.4, -0.2) is 96.7 Å². The lowest BCUT2D eigenvalue weighted by atomic mass is 10.0. The van der Waals surface area contributed by atoms with E-state index in [-0.39, 0.29) is 25.7 Å². The lowest BCUT2D eigenvalue weighted by Gasteiger charge is -2.21. The van der Waals surface area contributed by atoms with E-state index >= 15 is 0 Å². The Labute approximate surface area is 588 Å². The van der Waals surface area contributed by atoms with Crippen LogP contribution in [0.1, 0.15) is 395 Å². The van der Waals surface area contributed by atoms with Crippen molar-refractivity contribution in [2.45, 2.75) is 414 Å². The molecule has 3 N–H and O–H groups in total. The third kappa shape index (κ3) is 70.5. The fourth-order valence-corrected chi connectivity index (χ4v) is 13.4. The lowest BCUT2D eigenvalue weighted by Crippen LogP contribution is -2.30. The number of ether oxygens (including phenoxy) is 4. The molecule has 0 saturated carbocycles. The molecule has 5 atom stereocenters. The second-order valence-corrected chi connectivity index (χ2v) is 32.1. The Morgan fingerprint density at radius 1 is 0.281 bits per heavy atom. The van der Waals surface area contributed by atoms with E-state index in [0.29, 0.717) is 25.7 Å². The van der Waals surface area contributed by atoms with Gasteiger partial charge in [-0.25, -0.2) is 9.13 Å². The van der Waals surface area contributed by atoms with Crippen molar-refractivity contribution in [3.8, 4) is 0 Å². The van der Waals surface area contributed by atoms with Crippen molar-refractivity contribution in [3.05, 3.63) is 0 Å². The average molecular weight is 1410 g/mol. The van der Waals surface area contributed by atoms with Gasteiger partial charge in [0, 0.05) is 25.7 Å². The van der Waals surface area contributed by atoms with E-state index in [9.17, 15) is 43.2 Å². The number of aliphatic hydroxyl groups is 1. The Bertz CT molecular complexity index is 1870. The predicted octanol–water partition coefficient (Wildman–Crippen LogP) is 22.6. The highest BCUT2D eigenvalue weighted by molar-refractivity contribution is 7.47. The van der Waals surface area contributed by atoms with Gasteiger partial charge in [-0.2, -0.15) is 0 Å². The Morgan fingerprint density at radius 2 is 0.479 bits per heavy atom. The molecule has 0 heterocycles. The standard InChI is InChI=1S/C77H150O17P2/c1-8-9-10-11-12-13-14-15-16-17-18-19-20-25-30-39-46-53-60-76(81)93-72(64-87-74(79)58-51-44-37-29-24-22-21-23-27-34-41-48-55-68(2)3)66-91-95(83,84)89-62-71(78)63-90-96(85,86)92-67-73(65-88-75(80)59-52-45-38-33-32-36-43-50-57-70(6)7)94-77(82)61-54-47-40-31-26-28-35-42-49-56-69(4)5/h68-73,78H,8-67H2,1-7H3,(H,83,84)(H,85,86)/t71-,72-,73-/m1/s1. The number of carbonyl (C=O) groups excluding carboxylic acids is 4. The molecule has 0 aromatic heterocycles. The highest BCUT2D eigenvalue weighted by Crippen LogP contribution is 2.45. The monoisotopic (exact) mass is 1410 g/mol. The van der Waals surface area contributed by atoms with E-state index in [2.05, 4.69) is 48.5 Å². The molecule has 0 radical (unpaired) electrons. The van der Waals surface area contributed by atoms with Crippen LogP contribution in [-0.2, 0) is 65.4 Å². The third-order valence-electron chi connectivity index (χ3n) is 17.9. The molecular formula is C77H150O17P2. The first-order chi connectivity index (χ1) is 46.2. The van der Waals surface area contributed by atoms with Crippen molar-refractivity contribution in [2.75, 3.05) is 39.6 Å². The van der Waals surface area contributed by atoms with Crippen LogP contribution < -0.4 is 0 Å². The first kappa shape index (κ1) is 94.1. The summed E-state index contributed by atoms with van der Waals surface area (Å²) >= 11 is 0. The van der Waals surface area contributed by atoms with Gasteiger partial charge >= 0.3 is 39.5 Å². The molecule has 0 aliphatic heterocycles. The van der Waals surface area contributed by atoms with Crippen LogP contribution in [0.25, 0.3) is 0 Å². The topological polar surface area (TPSA) is 237 Å². The van der Waals surface area contributed by atoms with E-state index in [1.165, 1.54) is 205 Å². The van der Waals surface area contributed by atoms with Crippen LogP contribution in [0.3, 0.4) is 0 Å². The van der Waals surface area contributed by atoms with Gasteiger partial charge in [-0.1, -0.05) is 344 Å². The van der Waals surface area contributed by atoms with Crippen LogP contribution >= 0.6 is 15.6 Å². The number of phosphoric acid groups is 2. The van der Waals surface area contributed by atoms with Gasteiger partial charge in [0.15, 0.2) is 12.2 Å². The number of hydrogen-bond donors (Lipinski definition) is 3. The summed E-state index contributed by atoms with van der Waals surface area (Å²) in [5, 5.41) is 10.6. The first-order valence-corrected chi connectivity index (χ1v) is 42.8. The number of carbonyl (C=O) groups is 4. The summed E-state index contributed by atoms with van der Waals surface area (Å²) in [7, 11) is -9.91. The van der Waals surface area contributed by atoms with Crippen LogP contribution in [0, 0.1) is 17.8 Å². The Morgan fingerprint density at radius 3 is 0.708 bits per heavy atom. The predicted molar refractivity (Wildman–Crippen MR) is 391 cm³/mol. The molecular weight excluding hydrogens is 1260 g/mol. The normalized spacial score (nSPS) is 14.1. The molecule has 2 unspecified atom stereocenters. The highest BCUT2D eigenvalue weighted by Gasteiger charge is 2.30. The smallest absolute Gasteiger partial charge is 0.462 e. The molecule has 19 heteroatoms. The SMILES string of the molecule is CCCCCCCCCCCCCCCCCCCCC(=O)O[C@H](COC(=O)CCCCCCCCCCCCCCC(C)C)COP(=O)(O)OC[C@@H](O)COP(=O)(O)OC[C@@H](COC(=O)CCCCCCCCCCC(C)C)OC(=O)CCCCCCCCCCCC(C)C. The molecule has 0 aliphatic rings. The first-order valence-electron chi connectivity index (χ1n) is 39.8. The number of esters is 4. The number of phosphoric ester groups is 2. The summed E-state index contributed by atoms with van der Waals surface area (Å²) in [5.74, 6) is 0.127. The van der Waals surface area contributed by atoms with Crippen molar-refractivity contribution in [1.82, 2.24) is 0 Å². The van der Waals surface area contributed by atoms with E-state index in [1.807, 2.05) is 0 Å². The van der Waals surface area contributed by atoms with Gasteiger partial charge in [0.25, 0.3) is 0 Å². The zero-order valence-electron chi connectivity index (χ0n) is 62.8. The maximum atomic E-state index is 13.1. The Hall–Kier alpha value is -1.94. The number of unbranched alkanes of at least 4 members (excludes halogenated alkanes) is 43.